The fourth-order valence-electron chi connectivity index (χ4n) is 1.00. The summed E-state index contributed by atoms with van der Waals surface area (Å²) in [7, 11) is -3.56. The number of rotatable bonds is 1. The molecule has 68 valence electrons. The van der Waals surface area contributed by atoms with Gasteiger partial charge in [0.05, 0.1) is 4.90 Å². The first-order valence-corrected chi connectivity index (χ1v) is 4.99. The number of hydrogen-bond acceptors (Lipinski definition) is 3. The van der Waals surface area contributed by atoms with E-state index in [1.54, 1.807) is 19.1 Å². The average Bonchev–Trinajstić information content (AvgIpc) is 1.92. The first-order chi connectivity index (χ1) is 5.41. The van der Waals surface area contributed by atoms with E-state index in [2.05, 4.69) is 0 Å². The van der Waals surface area contributed by atoms with E-state index in [0.29, 0.717) is 5.56 Å². The van der Waals surface area contributed by atoms with Gasteiger partial charge in [-0.15, -0.1) is 0 Å². The summed E-state index contributed by atoms with van der Waals surface area (Å²) in [6.45, 7) is 3.55. The van der Waals surface area contributed by atoms with Crippen molar-refractivity contribution in [2.24, 2.45) is 0 Å². The molecule has 1 aromatic rings. The summed E-state index contributed by atoms with van der Waals surface area (Å²) in [5.74, 6) is 0. The molecule has 0 radical (unpaired) electrons. The maximum atomic E-state index is 8.99. The molecular formula is C8H12O3S. The molecule has 0 aliphatic heterocycles. The lowest BCUT2D eigenvalue weighted by Crippen LogP contribution is -1.98. The summed E-state index contributed by atoms with van der Waals surface area (Å²) in [5.41, 5.74) is 1.58. The molecule has 0 amide bonds. The zero-order valence-electron chi connectivity index (χ0n) is 6.98. The van der Waals surface area contributed by atoms with E-state index in [9.17, 15) is 0 Å². The van der Waals surface area contributed by atoms with Crippen molar-refractivity contribution in [3.63, 3.8) is 0 Å². The fraction of sp³-hybridized carbons (Fsp3) is 0.250. The molecule has 0 atom stereocenters. The highest BCUT2D eigenvalue weighted by molar-refractivity contribution is 8.19. The van der Waals surface area contributed by atoms with Crippen LogP contribution in [0.15, 0.2) is 23.1 Å². The molecular weight excluding hydrogens is 176 g/mol. The minimum atomic E-state index is -3.56. The van der Waals surface area contributed by atoms with Crippen LogP contribution in [0.3, 0.4) is 0 Å². The third-order valence-electron chi connectivity index (χ3n) is 1.64. The van der Waals surface area contributed by atoms with Crippen molar-refractivity contribution >= 4 is 10.9 Å². The van der Waals surface area contributed by atoms with Crippen molar-refractivity contribution in [1.82, 2.24) is 0 Å². The highest BCUT2D eigenvalue weighted by Crippen LogP contribution is 2.45. The van der Waals surface area contributed by atoms with Gasteiger partial charge in [0.1, 0.15) is 10.9 Å². The standard InChI is InChI=1S/C8H12O3S/c1-6-3-4-7(2)8(5-6)12(9,10)11/h3-5,9-11H,1-2H3. The van der Waals surface area contributed by atoms with Gasteiger partial charge in [0.2, 0.25) is 0 Å². The zero-order valence-corrected chi connectivity index (χ0v) is 7.80. The van der Waals surface area contributed by atoms with Crippen LogP contribution >= 0.6 is 10.9 Å². The Bertz CT molecular complexity index is 291. The Hall–Kier alpha value is -0.550. The van der Waals surface area contributed by atoms with Crippen LogP contribution in [-0.2, 0) is 0 Å². The van der Waals surface area contributed by atoms with E-state index in [1.165, 1.54) is 0 Å². The summed E-state index contributed by atoms with van der Waals surface area (Å²) >= 11 is 0. The second-order valence-corrected chi connectivity index (χ2v) is 4.27. The number of aryl methyl sites for hydroxylation is 2. The van der Waals surface area contributed by atoms with Crippen LogP contribution in [-0.4, -0.2) is 13.7 Å². The smallest absolute Gasteiger partial charge is 0.113 e. The number of hydrogen-bond donors (Lipinski definition) is 3. The third kappa shape index (κ3) is 1.98. The van der Waals surface area contributed by atoms with Crippen molar-refractivity contribution < 1.29 is 13.7 Å². The molecule has 0 saturated carbocycles. The SMILES string of the molecule is Cc1ccc(C)c(S(O)(O)O)c1. The molecule has 3 N–H and O–H groups in total. The van der Waals surface area contributed by atoms with E-state index >= 15 is 0 Å². The van der Waals surface area contributed by atoms with Gasteiger partial charge in [0, 0.05) is 0 Å². The molecule has 4 heteroatoms. The largest absolute Gasteiger partial charge is 0.304 e. The Labute approximate surface area is 73.2 Å². The number of benzene rings is 1. The van der Waals surface area contributed by atoms with Gasteiger partial charge in [0.25, 0.3) is 0 Å². The summed E-state index contributed by atoms with van der Waals surface area (Å²) in [6, 6.07) is 5.17. The molecule has 0 fully saturated rings. The average molecular weight is 188 g/mol. The van der Waals surface area contributed by atoms with E-state index in [4.69, 9.17) is 13.7 Å². The lowest BCUT2D eigenvalue weighted by molar-refractivity contribution is 0.375. The van der Waals surface area contributed by atoms with Gasteiger partial charge < -0.3 is 13.7 Å². The highest BCUT2D eigenvalue weighted by Gasteiger charge is 2.17. The monoisotopic (exact) mass is 188 g/mol. The van der Waals surface area contributed by atoms with E-state index in [1.807, 2.05) is 13.0 Å². The Kier molecular flexibility index (Phi) is 2.44. The van der Waals surface area contributed by atoms with Crippen LogP contribution in [0.5, 0.6) is 0 Å². The van der Waals surface area contributed by atoms with Crippen molar-refractivity contribution in [2.75, 3.05) is 0 Å². The molecule has 0 aliphatic rings. The minimum Gasteiger partial charge on any atom is -0.304 e. The predicted octanol–water partition coefficient (Wildman–Crippen LogP) is 2.89. The second-order valence-electron chi connectivity index (χ2n) is 2.79. The molecule has 0 unspecified atom stereocenters. The van der Waals surface area contributed by atoms with E-state index < -0.39 is 10.9 Å². The van der Waals surface area contributed by atoms with Crippen molar-refractivity contribution in [2.45, 2.75) is 18.7 Å². The summed E-state index contributed by atoms with van der Waals surface area (Å²) in [5, 5.41) is 0. The van der Waals surface area contributed by atoms with Gasteiger partial charge in [-0.25, -0.2) is 0 Å². The molecule has 0 bridgehead atoms. The Balaban J connectivity index is 3.23. The van der Waals surface area contributed by atoms with Crippen molar-refractivity contribution in [1.29, 1.82) is 0 Å². The second kappa shape index (κ2) is 3.06. The topological polar surface area (TPSA) is 60.7 Å². The lowest BCUT2D eigenvalue weighted by Gasteiger charge is -2.21. The lowest BCUT2D eigenvalue weighted by atomic mass is 10.2. The fourth-order valence-corrected chi connectivity index (χ4v) is 1.85. The Morgan fingerprint density at radius 2 is 1.67 bits per heavy atom. The van der Waals surface area contributed by atoms with Gasteiger partial charge in [0.15, 0.2) is 0 Å². The first-order valence-electron chi connectivity index (χ1n) is 3.49. The van der Waals surface area contributed by atoms with Gasteiger partial charge >= 0.3 is 0 Å². The van der Waals surface area contributed by atoms with Gasteiger partial charge in [-0.1, -0.05) is 12.1 Å². The van der Waals surface area contributed by atoms with Gasteiger partial charge in [-0.3, -0.25) is 0 Å². The summed E-state index contributed by atoms with van der Waals surface area (Å²) in [6.07, 6.45) is 0. The van der Waals surface area contributed by atoms with Crippen LogP contribution in [0.4, 0.5) is 0 Å². The molecule has 12 heavy (non-hydrogen) atoms. The quantitative estimate of drug-likeness (QED) is 0.635. The van der Waals surface area contributed by atoms with E-state index in [-0.39, 0.29) is 4.90 Å². The Morgan fingerprint density at radius 3 is 2.08 bits per heavy atom. The van der Waals surface area contributed by atoms with Gasteiger partial charge in [-0.2, -0.15) is 0 Å². The Morgan fingerprint density at radius 1 is 1.08 bits per heavy atom. The van der Waals surface area contributed by atoms with Gasteiger partial charge in [-0.05, 0) is 31.0 Å². The third-order valence-corrected chi connectivity index (χ3v) is 2.67. The summed E-state index contributed by atoms with van der Waals surface area (Å²) < 4.78 is 27.0. The molecule has 1 rings (SSSR count). The summed E-state index contributed by atoms with van der Waals surface area (Å²) in [4.78, 5) is 0.211. The molecule has 0 aromatic heterocycles. The molecule has 0 heterocycles. The predicted molar refractivity (Wildman–Crippen MR) is 49.7 cm³/mol. The maximum absolute atomic E-state index is 8.99. The molecule has 0 spiro atoms. The minimum absolute atomic E-state index is 0.211. The molecule has 3 nitrogen and oxygen atoms in total. The van der Waals surface area contributed by atoms with Crippen molar-refractivity contribution in [3.8, 4) is 0 Å². The molecule has 1 aromatic carbocycles. The van der Waals surface area contributed by atoms with Crippen LogP contribution in [0.25, 0.3) is 0 Å². The first kappa shape index (κ1) is 9.54. The maximum Gasteiger partial charge on any atom is 0.113 e. The van der Waals surface area contributed by atoms with Crippen LogP contribution in [0.2, 0.25) is 0 Å². The molecule has 0 aliphatic carbocycles. The molecule has 0 saturated heterocycles. The van der Waals surface area contributed by atoms with Crippen LogP contribution < -0.4 is 0 Å². The van der Waals surface area contributed by atoms with Crippen LogP contribution in [0, 0.1) is 13.8 Å². The van der Waals surface area contributed by atoms with Crippen LogP contribution in [0.1, 0.15) is 11.1 Å². The van der Waals surface area contributed by atoms with Crippen molar-refractivity contribution in [3.05, 3.63) is 29.3 Å². The highest BCUT2D eigenvalue weighted by atomic mass is 32.3. The normalized spacial score (nSPS) is 13.1. The van der Waals surface area contributed by atoms with E-state index in [0.717, 1.165) is 5.56 Å². The zero-order chi connectivity index (χ0) is 9.35.